The third-order valence-corrected chi connectivity index (χ3v) is 5.14. The Hall–Kier alpha value is -1.00. The van der Waals surface area contributed by atoms with Crippen LogP contribution in [0, 0.1) is 5.92 Å². The van der Waals surface area contributed by atoms with Crippen molar-refractivity contribution in [3.8, 4) is 5.75 Å². The molecule has 0 spiro atoms. The van der Waals surface area contributed by atoms with Crippen LogP contribution in [0.2, 0.25) is 0 Å². The molecule has 2 aromatic carbocycles. The number of nitrogens with zero attached hydrogens (tertiary/aromatic N) is 1. The van der Waals surface area contributed by atoms with E-state index in [1.54, 1.807) is 0 Å². The molecule has 3 nitrogen and oxygen atoms in total. The lowest BCUT2D eigenvalue weighted by Gasteiger charge is -2.36. The van der Waals surface area contributed by atoms with E-state index in [9.17, 15) is 0 Å². The number of nitrogens with one attached hydrogen (secondary N) is 1. The molecule has 2 aliphatic rings. The Labute approximate surface area is 162 Å². The second-order valence-corrected chi connectivity index (χ2v) is 6.70. The molecular weight excluding hydrogens is 355 g/mol. The van der Waals surface area contributed by atoms with Crippen molar-refractivity contribution in [1.29, 1.82) is 0 Å². The van der Waals surface area contributed by atoms with Crippen molar-refractivity contribution >= 4 is 35.6 Å². The molecule has 0 aromatic heterocycles. The van der Waals surface area contributed by atoms with Gasteiger partial charge in [0, 0.05) is 37.8 Å². The molecule has 138 valence electrons. The molecular formula is C20H28Cl2N2O. The van der Waals surface area contributed by atoms with E-state index in [0.717, 1.165) is 44.5 Å². The minimum Gasteiger partial charge on any atom is -0.494 e. The molecule has 2 fully saturated rings. The van der Waals surface area contributed by atoms with Gasteiger partial charge in [0.15, 0.2) is 0 Å². The average molecular weight is 383 g/mol. The van der Waals surface area contributed by atoms with Gasteiger partial charge in [-0.25, -0.2) is 0 Å². The minimum absolute atomic E-state index is 0. The fourth-order valence-electron chi connectivity index (χ4n) is 3.95. The first-order valence-corrected chi connectivity index (χ1v) is 8.97. The second-order valence-electron chi connectivity index (χ2n) is 6.70. The van der Waals surface area contributed by atoms with Crippen molar-refractivity contribution in [2.75, 3.05) is 32.8 Å². The van der Waals surface area contributed by atoms with Crippen molar-refractivity contribution in [3.63, 3.8) is 0 Å². The molecule has 2 aromatic rings. The third-order valence-electron chi connectivity index (χ3n) is 5.14. The van der Waals surface area contributed by atoms with E-state index in [2.05, 4.69) is 53.5 Å². The van der Waals surface area contributed by atoms with E-state index < -0.39 is 0 Å². The van der Waals surface area contributed by atoms with Gasteiger partial charge in [0.1, 0.15) is 5.75 Å². The highest BCUT2D eigenvalue weighted by Gasteiger charge is 2.39. The van der Waals surface area contributed by atoms with Gasteiger partial charge in [-0.2, -0.15) is 0 Å². The number of hydrogen-bond donors (Lipinski definition) is 1. The van der Waals surface area contributed by atoms with Gasteiger partial charge in [-0.15, -0.1) is 24.8 Å². The van der Waals surface area contributed by atoms with Crippen molar-refractivity contribution in [1.82, 2.24) is 10.2 Å². The molecule has 5 heteroatoms. The normalized spacial score (nSPS) is 18.9. The third kappa shape index (κ3) is 4.22. The number of benzene rings is 2. The molecule has 4 rings (SSSR count). The quantitative estimate of drug-likeness (QED) is 0.826. The molecule has 1 aliphatic carbocycles. The molecule has 25 heavy (non-hydrogen) atoms. The largest absolute Gasteiger partial charge is 0.494 e. The zero-order chi connectivity index (χ0) is 15.6. The maximum atomic E-state index is 6.05. The van der Waals surface area contributed by atoms with E-state index in [1.807, 2.05) is 0 Å². The maximum Gasteiger partial charge on any atom is 0.124 e. The van der Waals surface area contributed by atoms with Crippen molar-refractivity contribution in [2.24, 2.45) is 5.92 Å². The van der Waals surface area contributed by atoms with Gasteiger partial charge >= 0.3 is 0 Å². The summed E-state index contributed by atoms with van der Waals surface area (Å²) in [6, 6.07) is 13.7. The fraction of sp³-hybridized carbons (Fsp3) is 0.500. The number of ether oxygens (including phenoxy) is 1. The number of halogens is 2. The van der Waals surface area contributed by atoms with Crippen LogP contribution in [0.4, 0.5) is 0 Å². The maximum absolute atomic E-state index is 6.05. The topological polar surface area (TPSA) is 24.5 Å². The van der Waals surface area contributed by atoms with E-state index in [1.165, 1.54) is 29.2 Å². The highest BCUT2D eigenvalue weighted by Crippen LogP contribution is 2.49. The van der Waals surface area contributed by atoms with Crippen LogP contribution in [0.15, 0.2) is 36.4 Å². The Bertz CT molecular complexity index is 684. The van der Waals surface area contributed by atoms with Crippen LogP contribution in [0.3, 0.4) is 0 Å². The summed E-state index contributed by atoms with van der Waals surface area (Å²) in [5.74, 6) is 1.87. The lowest BCUT2D eigenvalue weighted by atomic mass is 9.93. The Morgan fingerprint density at radius 2 is 1.80 bits per heavy atom. The van der Waals surface area contributed by atoms with Crippen LogP contribution in [0.1, 0.15) is 31.4 Å². The zero-order valence-electron chi connectivity index (χ0n) is 14.7. The summed E-state index contributed by atoms with van der Waals surface area (Å²) < 4.78 is 6.05. The highest BCUT2D eigenvalue weighted by molar-refractivity contribution is 5.88. The predicted molar refractivity (Wildman–Crippen MR) is 110 cm³/mol. The summed E-state index contributed by atoms with van der Waals surface area (Å²) in [5.41, 5.74) is 1.43. The lowest BCUT2D eigenvalue weighted by molar-refractivity contribution is 0.153. The Balaban J connectivity index is 0.00000113. The summed E-state index contributed by atoms with van der Waals surface area (Å²) in [5, 5.41) is 6.18. The van der Waals surface area contributed by atoms with Crippen molar-refractivity contribution < 1.29 is 4.74 Å². The predicted octanol–water partition coefficient (Wildman–Crippen LogP) is 4.44. The average Bonchev–Trinajstić information content (AvgIpc) is 3.43. The molecule has 1 N–H and O–H groups in total. The fourth-order valence-corrected chi connectivity index (χ4v) is 3.95. The molecule has 0 bridgehead atoms. The van der Waals surface area contributed by atoms with Crippen molar-refractivity contribution in [3.05, 3.63) is 42.0 Å². The van der Waals surface area contributed by atoms with E-state index in [-0.39, 0.29) is 24.8 Å². The number of hydrogen-bond acceptors (Lipinski definition) is 3. The smallest absolute Gasteiger partial charge is 0.124 e. The van der Waals surface area contributed by atoms with Gasteiger partial charge in [0.2, 0.25) is 0 Å². The Kier molecular flexibility index (Phi) is 7.38. The molecule has 0 radical (unpaired) electrons. The Morgan fingerprint density at radius 3 is 2.48 bits per heavy atom. The van der Waals surface area contributed by atoms with Gasteiger partial charge < -0.3 is 10.1 Å². The summed E-state index contributed by atoms with van der Waals surface area (Å²) in [6.07, 6.45) is 2.70. The first-order valence-electron chi connectivity index (χ1n) is 8.97. The number of piperazine rings is 1. The van der Waals surface area contributed by atoms with Gasteiger partial charge in [-0.3, -0.25) is 4.90 Å². The van der Waals surface area contributed by atoms with Crippen LogP contribution >= 0.6 is 24.8 Å². The van der Waals surface area contributed by atoms with E-state index >= 15 is 0 Å². The standard InChI is InChI=1S/C20H26N2O.2ClH/c1-2-23-18-10-9-15-5-3-4-6-17(15)19(18)20(16-7-8-16)22-13-11-21-12-14-22;;/h3-6,9-10,16,20-21H,2,7-8,11-14H2,1H3;2*1H/t20-;;/m1../s1. The minimum atomic E-state index is 0. The number of fused-ring (bicyclic) bond motifs is 1. The van der Waals surface area contributed by atoms with Gasteiger partial charge in [-0.05, 0) is 42.5 Å². The van der Waals surface area contributed by atoms with Gasteiger partial charge in [0.25, 0.3) is 0 Å². The summed E-state index contributed by atoms with van der Waals surface area (Å²) in [6.45, 7) is 7.27. The molecule has 1 heterocycles. The second kappa shape index (κ2) is 9.09. The molecule has 0 amide bonds. The van der Waals surface area contributed by atoms with Gasteiger partial charge in [-0.1, -0.05) is 30.3 Å². The lowest BCUT2D eigenvalue weighted by Crippen LogP contribution is -2.45. The summed E-state index contributed by atoms with van der Waals surface area (Å²) in [4.78, 5) is 2.68. The van der Waals surface area contributed by atoms with Crippen LogP contribution in [0.25, 0.3) is 10.8 Å². The molecule has 1 saturated heterocycles. The first kappa shape index (κ1) is 20.3. The number of rotatable bonds is 5. The van der Waals surface area contributed by atoms with Crippen LogP contribution in [0.5, 0.6) is 5.75 Å². The van der Waals surface area contributed by atoms with Crippen LogP contribution < -0.4 is 10.1 Å². The SMILES string of the molecule is CCOc1ccc2ccccc2c1[C@@H](C1CC1)N1CCNCC1.Cl.Cl. The molecule has 1 aliphatic heterocycles. The molecule has 1 atom stereocenters. The van der Waals surface area contributed by atoms with Crippen LogP contribution in [-0.4, -0.2) is 37.7 Å². The summed E-state index contributed by atoms with van der Waals surface area (Å²) >= 11 is 0. The monoisotopic (exact) mass is 382 g/mol. The summed E-state index contributed by atoms with van der Waals surface area (Å²) in [7, 11) is 0. The zero-order valence-corrected chi connectivity index (χ0v) is 16.4. The first-order chi connectivity index (χ1) is 11.4. The van der Waals surface area contributed by atoms with Gasteiger partial charge in [0.05, 0.1) is 6.61 Å². The van der Waals surface area contributed by atoms with Crippen molar-refractivity contribution in [2.45, 2.75) is 25.8 Å². The molecule has 1 saturated carbocycles. The highest BCUT2D eigenvalue weighted by atomic mass is 35.5. The Morgan fingerprint density at radius 1 is 1.08 bits per heavy atom. The van der Waals surface area contributed by atoms with E-state index in [0.29, 0.717) is 6.04 Å². The van der Waals surface area contributed by atoms with Crippen LogP contribution in [-0.2, 0) is 0 Å². The van der Waals surface area contributed by atoms with E-state index in [4.69, 9.17) is 4.74 Å². The molecule has 0 unspecified atom stereocenters.